The van der Waals surface area contributed by atoms with Gasteiger partial charge in [0.15, 0.2) is 0 Å². The molecule has 0 saturated carbocycles. The number of aliphatic carboxylic acids is 1. The Labute approximate surface area is 95.7 Å². The van der Waals surface area contributed by atoms with Gasteiger partial charge in [0, 0.05) is 5.38 Å². The van der Waals surface area contributed by atoms with E-state index in [-0.39, 0.29) is 41.0 Å². The molecule has 2 nitrogen and oxygen atoms in total. The Kier molecular flexibility index (Phi) is 31.8. The second-order valence-electron chi connectivity index (χ2n) is 2.46. The van der Waals surface area contributed by atoms with Gasteiger partial charge in [-0.25, -0.2) is 0 Å². The van der Waals surface area contributed by atoms with Crippen molar-refractivity contribution in [3.8, 4) is 0 Å². The SMILES string of the molecule is C.C.C.C.CCC(CC(C)Cl)C(=O)O. The first-order valence-electron chi connectivity index (χ1n) is 3.44. The topological polar surface area (TPSA) is 37.3 Å². The van der Waals surface area contributed by atoms with Gasteiger partial charge in [-0.15, -0.1) is 11.6 Å². The summed E-state index contributed by atoms with van der Waals surface area (Å²) in [5.41, 5.74) is 0. The highest BCUT2D eigenvalue weighted by Crippen LogP contribution is 2.14. The van der Waals surface area contributed by atoms with Gasteiger partial charge in [-0.2, -0.15) is 0 Å². The van der Waals surface area contributed by atoms with E-state index in [1.807, 2.05) is 13.8 Å². The average Bonchev–Trinajstić information content (AvgIpc) is 1.81. The number of carboxylic acids is 1. The standard InChI is InChI=1S/C7H13ClO2.4CH4/c1-3-6(7(9)10)4-5(2)8;;;;/h5-6H,3-4H2,1-2H3,(H,9,10);4*1H4. The molecule has 2 atom stereocenters. The summed E-state index contributed by atoms with van der Waals surface area (Å²) in [6.45, 7) is 3.67. The Morgan fingerprint density at radius 3 is 1.71 bits per heavy atom. The number of rotatable bonds is 4. The van der Waals surface area contributed by atoms with Crippen LogP contribution >= 0.6 is 11.6 Å². The fraction of sp³-hybridized carbons (Fsp3) is 0.909. The molecule has 92 valence electrons. The molecule has 0 rings (SSSR count). The van der Waals surface area contributed by atoms with Gasteiger partial charge in [-0.1, -0.05) is 36.6 Å². The zero-order chi connectivity index (χ0) is 8.15. The Balaban J connectivity index is -0.0000000675. The molecule has 0 aromatic carbocycles. The molecule has 0 heterocycles. The van der Waals surface area contributed by atoms with Gasteiger partial charge in [-0.05, 0) is 19.8 Å². The third kappa shape index (κ3) is 14.3. The van der Waals surface area contributed by atoms with Crippen LogP contribution in [0.1, 0.15) is 56.4 Å². The molecule has 0 radical (unpaired) electrons. The van der Waals surface area contributed by atoms with Crippen LogP contribution in [0.3, 0.4) is 0 Å². The average molecular weight is 229 g/mol. The Morgan fingerprint density at radius 2 is 1.64 bits per heavy atom. The second-order valence-corrected chi connectivity index (χ2v) is 3.20. The maximum Gasteiger partial charge on any atom is 0.306 e. The van der Waals surface area contributed by atoms with Crippen molar-refractivity contribution < 1.29 is 9.90 Å². The molecule has 2 unspecified atom stereocenters. The summed E-state index contributed by atoms with van der Waals surface area (Å²) in [5, 5.41) is 8.52. The predicted octanol–water partition coefficient (Wildman–Crippen LogP) is 4.66. The van der Waals surface area contributed by atoms with Crippen LogP contribution in [0.2, 0.25) is 0 Å². The zero-order valence-corrected chi connectivity index (χ0v) is 7.06. The molecule has 14 heavy (non-hydrogen) atoms. The molecule has 0 aliphatic carbocycles. The van der Waals surface area contributed by atoms with Gasteiger partial charge in [0.1, 0.15) is 0 Å². The molecule has 0 spiro atoms. The van der Waals surface area contributed by atoms with Gasteiger partial charge in [-0.3, -0.25) is 4.79 Å². The van der Waals surface area contributed by atoms with E-state index >= 15 is 0 Å². The molecule has 0 bridgehead atoms. The first kappa shape index (κ1) is 29.2. The van der Waals surface area contributed by atoms with Crippen molar-refractivity contribution in [2.24, 2.45) is 5.92 Å². The van der Waals surface area contributed by atoms with Crippen LogP contribution in [0.25, 0.3) is 0 Å². The van der Waals surface area contributed by atoms with E-state index in [1.165, 1.54) is 0 Å². The van der Waals surface area contributed by atoms with Gasteiger partial charge < -0.3 is 5.11 Å². The molecule has 1 N–H and O–H groups in total. The molecule has 0 aliphatic rings. The van der Waals surface area contributed by atoms with E-state index in [0.717, 1.165) is 0 Å². The van der Waals surface area contributed by atoms with Crippen molar-refractivity contribution in [2.45, 2.75) is 61.8 Å². The van der Waals surface area contributed by atoms with Gasteiger partial charge in [0.05, 0.1) is 5.92 Å². The minimum atomic E-state index is -0.741. The quantitative estimate of drug-likeness (QED) is 0.711. The lowest BCUT2D eigenvalue weighted by Gasteiger charge is -2.09. The van der Waals surface area contributed by atoms with E-state index in [2.05, 4.69) is 0 Å². The summed E-state index contributed by atoms with van der Waals surface area (Å²) in [6, 6.07) is 0. The predicted molar refractivity (Wildman–Crippen MR) is 68.3 cm³/mol. The fourth-order valence-electron chi connectivity index (χ4n) is 0.834. The van der Waals surface area contributed by atoms with Crippen molar-refractivity contribution in [1.29, 1.82) is 0 Å². The molecule has 0 aromatic heterocycles. The fourth-order valence-corrected chi connectivity index (χ4v) is 1.05. The number of hydrogen-bond acceptors (Lipinski definition) is 1. The molecule has 0 amide bonds. The van der Waals surface area contributed by atoms with E-state index in [1.54, 1.807) is 0 Å². The summed E-state index contributed by atoms with van der Waals surface area (Å²) in [6.07, 6.45) is 1.22. The van der Waals surface area contributed by atoms with Crippen LogP contribution in [0.5, 0.6) is 0 Å². The minimum Gasteiger partial charge on any atom is -0.481 e. The molecular formula is C11H29ClO2. The number of carboxylic acid groups (broad SMARTS) is 1. The van der Waals surface area contributed by atoms with E-state index in [9.17, 15) is 4.79 Å². The monoisotopic (exact) mass is 228 g/mol. The maximum absolute atomic E-state index is 10.4. The van der Waals surface area contributed by atoms with Gasteiger partial charge in [0.2, 0.25) is 0 Å². The lowest BCUT2D eigenvalue weighted by atomic mass is 10.0. The third-order valence-electron chi connectivity index (χ3n) is 1.45. The van der Waals surface area contributed by atoms with Crippen molar-refractivity contribution in [3.05, 3.63) is 0 Å². The molecule has 0 aliphatic heterocycles. The minimum absolute atomic E-state index is 0. The summed E-state index contributed by atoms with van der Waals surface area (Å²) >= 11 is 5.63. The number of halogens is 1. The van der Waals surface area contributed by atoms with E-state index in [0.29, 0.717) is 12.8 Å². The van der Waals surface area contributed by atoms with Crippen molar-refractivity contribution in [3.63, 3.8) is 0 Å². The molecule has 0 fully saturated rings. The number of alkyl halides is 1. The smallest absolute Gasteiger partial charge is 0.306 e. The normalized spacial score (nSPS) is 11.6. The lowest BCUT2D eigenvalue weighted by Crippen LogP contribution is -2.15. The second kappa shape index (κ2) is 15.2. The van der Waals surface area contributed by atoms with E-state index < -0.39 is 5.97 Å². The van der Waals surface area contributed by atoms with Crippen LogP contribution in [-0.2, 0) is 4.79 Å². The molecular weight excluding hydrogens is 200 g/mol. The van der Waals surface area contributed by atoms with Crippen LogP contribution in [-0.4, -0.2) is 16.5 Å². The van der Waals surface area contributed by atoms with Crippen LogP contribution in [0, 0.1) is 5.92 Å². The Hall–Kier alpha value is -0.240. The largest absolute Gasteiger partial charge is 0.481 e. The van der Waals surface area contributed by atoms with Crippen LogP contribution in [0.4, 0.5) is 0 Å². The first-order valence-corrected chi connectivity index (χ1v) is 3.88. The summed E-state index contributed by atoms with van der Waals surface area (Å²) < 4.78 is 0. The number of carbonyl (C=O) groups is 1. The first-order chi connectivity index (χ1) is 4.57. The third-order valence-corrected chi connectivity index (χ3v) is 1.63. The van der Waals surface area contributed by atoms with Gasteiger partial charge in [0.25, 0.3) is 0 Å². The van der Waals surface area contributed by atoms with Crippen molar-refractivity contribution >= 4 is 17.6 Å². The van der Waals surface area contributed by atoms with Crippen molar-refractivity contribution in [1.82, 2.24) is 0 Å². The zero-order valence-electron chi connectivity index (χ0n) is 6.30. The summed E-state index contributed by atoms with van der Waals surface area (Å²) in [4.78, 5) is 10.4. The highest BCUT2D eigenvalue weighted by molar-refractivity contribution is 6.20. The Morgan fingerprint density at radius 1 is 1.29 bits per heavy atom. The molecule has 3 heteroatoms. The Bertz CT molecular complexity index is 114. The maximum atomic E-state index is 10.4. The highest BCUT2D eigenvalue weighted by atomic mass is 35.5. The molecule has 0 saturated heterocycles. The van der Waals surface area contributed by atoms with Crippen LogP contribution < -0.4 is 0 Å². The van der Waals surface area contributed by atoms with Crippen molar-refractivity contribution in [2.75, 3.05) is 0 Å². The lowest BCUT2D eigenvalue weighted by molar-refractivity contribution is -0.142. The summed E-state index contributed by atoms with van der Waals surface area (Å²) in [7, 11) is 0. The van der Waals surface area contributed by atoms with E-state index in [4.69, 9.17) is 16.7 Å². The highest BCUT2D eigenvalue weighted by Gasteiger charge is 2.16. The molecule has 0 aromatic rings. The number of hydrogen-bond donors (Lipinski definition) is 1. The van der Waals surface area contributed by atoms with Gasteiger partial charge >= 0.3 is 5.97 Å². The summed E-state index contributed by atoms with van der Waals surface area (Å²) in [5.74, 6) is -1.01. The van der Waals surface area contributed by atoms with Crippen LogP contribution in [0.15, 0.2) is 0 Å².